The van der Waals surface area contributed by atoms with E-state index in [0.29, 0.717) is 0 Å². The van der Waals surface area contributed by atoms with E-state index in [0.717, 1.165) is 42.9 Å². The average molecular weight is 277 g/mol. The summed E-state index contributed by atoms with van der Waals surface area (Å²) in [5, 5.41) is 0. The fraction of sp³-hybridized carbons (Fsp3) is 0.647. The molecule has 2 rings (SSSR count). The molecule has 112 valence electrons. The summed E-state index contributed by atoms with van der Waals surface area (Å²) in [4.78, 5) is 2.57. The molecule has 20 heavy (non-hydrogen) atoms. The molecule has 1 aliphatic heterocycles. The number of nitrogens with zero attached hydrogens (tertiary/aromatic N) is 1. The van der Waals surface area contributed by atoms with Crippen LogP contribution in [0.3, 0.4) is 0 Å². The van der Waals surface area contributed by atoms with Crippen molar-refractivity contribution in [1.29, 1.82) is 0 Å². The minimum Gasteiger partial charge on any atom is -0.493 e. The van der Waals surface area contributed by atoms with Gasteiger partial charge in [0.2, 0.25) is 0 Å². The Morgan fingerprint density at radius 2 is 1.90 bits per heavy atom. The number of hydrogen-bond acceptors (Lipinski definition) is 3. The highest BCUT2D eigenvalue weighted by atomic mass is 16.5. The molecule has 1 fully saturated rings. The molecule has 1 aromatic rings. The Hall–Kier alpha value is -1.22. The summed E-state index contributed by atoms with van der Waals surface area (Å²) in [5.41, 5.74) is 0. The van der Waals surface area contributed by atoms with E-state index in [-0.39, 0.29) is 0 Å². The Bertz CT molecular complexity index is 408. The number of methoxy groups -OCH3 is 1. The molecule has 0 radical (unpaired) electrons. The van der Waals surface area contributed by atoms with Crippen LogP contribution >= 0.6 is 0 Å². The van der Waals surface area contributed by atoms with Crippen molar-refractivity contribution in [3.63, 3.8) is 0 Å². The quantitative estimate of drug-likeness (QED) is 0.743. The summed E-state index contributed by atoms with van der Waals surface area (Å²) in [6.45, 7) is 9.08. The lowest BCUT2D eigenvalue weighted by molar-refractivity contribution is 0.130. The predicted octanol–water partition coefficient (Wildman–Crippen LogP) is 3.44. The Morgan fingerprint density at radius 3 is 2.60 bits per heavy atom. The highest BCUT2D eigenvalue weighted by Crippen LogP contribution is 2.26. The number of likely N-dealkylation sites (tertiary alicyclic amines) is 1. The van der Waals surface area contributed by atoms with Crippen molar-refractivity contribution in [1.82, 2.24) is 4.90 Å². The van der Waals surface area contributed by atoms with Crippen LogP contribution in [-0.2, 0) is 0 Å². The van der Waals surface area contributed by atoms with Crippen LogP contribution in [0.4, 0.5) is 0 Å². The molecule has 3 heteroatoms. The van der Waals surface area contributed by atoms with E-state index < -0.39 is 0 Å². The Labute approximate surface area is 122 Å². The first kappa shape index (κ1) is 15.2. The van der Waals surface area contributed by atoms with E-state index in [4.69, 9.17) is 9.47 Å². The second-order valence-corrected chi connectivity index (χ2v) is 5.90. The number of para-hydroxylation sites is 2. The normalized spacial score (nSPS) is 23.6. The molecular formula is C17H27NO2. The van der Waals surface area contributed by atoms with Gasteiger partial charge in [0.1, 0.15) is 0 Å². The molecule has 0 bridgehead atoms. The molecule has 2 atom stereocenters. The fourth-order valence-electron chi connectivity index (χ4n) is 2.76. The molecule has 0 amide bonds. The van der Waals surface area contributed by atoms with Gasteiger partial charge in [0, 0.05) is 13.1 Å². The van der Waals surface area contributed by atoms with Crippen molar-refractivity contribution in [3.05, 3.63) is 24.3 Å². The van der Waals surface area contributed by atoms with Gasteiger partial charge in [0.05, 0.1) is 13.7 Å². The van der Waals surface area contributed by atoms with E-state index in [1.165, 1.54) is 19.5 Å². The van der Waals surface area contributed by atoms with Crippen LogP contribution in [0.5, 0.6) is 11.5 Å². The molecule has 1 heterocycles. The number of piperidine rings is 1. The molecule has 1 aromatic carbocycles. The van der Waals surface area contributed by atoms with Crippen LogP contribution in [-0.4, -0.2) is 38.3 Å². The zero-order chi connectivity index (χ0) is 14.4. The van der Waals surface area contributed by atoms with Gasteiger partial charge in [0.25, 0.3) is 0 Å². The number of ether oxygens (including phenoxy) is 2. The molecule has 2 unspecified atom stereocenters. The van der Waals surface area contributed by atoms with Crippen LogP contribution in [0.15, 0.2) is 24.3 Å². The van der Waals surface area contributed by atoms with Crippen molar-refractivity contribution in [2.45, 2.75) is 26.7 Å². The first-order valence-electron chi connectivity index (χ1n) is 7.69. The third-order valence-corrected chi connectivity index (χ3v) is 4.36. The zero-order valence-electron chi connectivity index (χ0n) is 13.0. The van der Waals surface area contributed by atoms with Gasteiger partial charge in [-0.05, 0) is 43.4 Å². The standard InChI is InChI=1S/C17H27NO2/c1-14-9-11-18(13-15(14)2)10-6-12-20-17-8-5-4-7-16(17)19-3/h4-5,7-8,14-15H,6,9-13H2,1-3H3. The van der Waals surface area contributed by atoms with Crippen molar-refractivity contribution < 1.29 is 9.47 Å². The lowest BCUT2D eigenvalue weighted by Gasteiger charge is -2.35. The number of rotatable bonds is 6. The number of hydrogen-bond donors (Lipinski definition) is 0. The SMILES string of the molecule is COc1ccccc1OCCCN1CCC(C)C(C)C1. The lowest BCUT2D eigenvalue weighted by atomic mass is 9.89. The van der Waals surface area contributed by atoms with Gasteiger partial charge < -0.3 is 14.4 Å². The van der Waals surface area contributed by atoms with Gasteiger partial charge >= 0.3 is 0 Å². The van der Waals surface area contributed by atoms with E-state index in [1.807, 2.05) is 24.3 Å². The van der Waals surface area contributed by atoms with Gasteiger partial charge in [-0.1, -0.05) is 26.0 Å². The van der Waals surface area contributed by atoms with Gasteiger partial charge in [0.15, 0.2) is 11.5 Å². The topological polar surface area (TPSA) is 21.7 Å². The predicted molar refractivity (Wildman–Crippen MR) is 82.5 cm³/mol. The third kappa shape index (κ3) is 4.14. The third-order valence-electron chi connectivity index (χ3n) is 4.36. The van der Waals surface area contributed by atoms with E-state index in [2.05, 4.69) is 18.7 Å². The van der Waals surface area contributed by atoms with Crippen LogP contribution < -0.4 is 9.47 Å². The molecule has 0 spiro atoms. The largest absolute Gasteiger partial charge is 0.493 e. The maximum Gasteiger partial charge on any atom is 0.161 e. The maximum atomic E-state index is 5.82. The molecule has 3 nitrogen and oxygen atoms in total. The molecule has 0 aromatic heterocycles. The molecular weight excluding hydrogens is 250 g/mol. The van der Waals surface area contributed by atoms with E-state index in [9.17, 15) is 0 Å². The smallest absolute Gasteiger partial charge is 0.161 e. The second-order valence-electron chi connectivity index (χ2n) is 5.90. The summed E-state index contributed by atoms with van der Waals surface area (Å²) >= 11 is 0. The molecule has 0 N–H and O–H groups in total. The molecule has 1 saturated heterocycles. The van der Waals surface area contributed by atoms with Gasteiger partial charge in [-0.2, -0.15) is 0 Å². The average Bonchev–Trinajstić information content (AvgIpc) is 2.47. The maximum absolute atomic E-state index is 5.82. The van der Waals surface area contributed by atoms with Crippen LogP contribution in [0.1, 0.15) is 26.7 Å². The van der Waals surface area contributed by atoms with E-state index >= 15 is 0 Å². The van der Waals surface area contributed by atoms with Gasteiger partial charge in [-0.3, -0.25) is 0 Å². The van der Waals surface area contributed by atoms with Crippen LogP contribution in [0, 0.1) is 11.8 Å². The van der Waals surface area contributed by atoms with Crippen molar-refractivity contribution in [2.75, 3.05) is 33.4 Å². The van der Waals surface area contributed by atoms with Crippen molar-refractivity contribution in [3.8, 4) is 11.5 Å². The second kappa shape index (κ2) is 7.53. The minimum atomic E-state index is 0.751. The summed E-state index contributed by atoms with van der Waals surface area (Å²) in [7, 11) is 1.68. The zero-order valence-corrected chi connectivity index (χ0v) is 13.0. The van der Waals surface area contributed by atoms with Gasteiger partial charge in [-0.25, -0.2) is 0 Å². The van der Waals surface area contributed by atoms with E-state index in [1.54, 1.807) is 7.11 Å². The number of benzene rings is 1. The van der Waals surface area contributed by atoms with Crippen LogP contribution in [0.2, 0.25) is 0 Å². The lowest BCUT2D eigenvalue weighted by Crippen LogP contribution is -2.39. The van der Waals surface area contributed by atoms with Crippen molar-refractivity contribution in [2.24, 2.45) is 11.8 Å². The Kier molecular flexibility index (Phi) is 5.72. The summed E-state index contributed by atoms with van der Waals surface area (Å²) in [5.74, 6) is 3.35. The Balaban J connectivity index is 1.69. The fourth-order valence-corrected chi connectivity index (χ4v) is 2.76. The molecule has 1 aliphatic rings. The summed E-state index contributed by atoms with van der Waals surface area (Å²) in [6, 6.07) is 7.83. The van der Waals surface area contributed by atoms with Gasteiger partial charge in [-0.15, -0.1) is 0 Å². The van der Waals surface area contributed by atoms with Crippen LogP contribution in [0.25, 0.3) is 0 Å². The minimum absolute atomic E-state index is 0.751. The summed E-state index contributed by atoms with van der Waals surface area (Å²) in [6.07, 6.45) is 2.40. The first-order valence-corrected chi connectivity index (χ1v) is 7.69. The highest BCUT2D eigenvalue weighted by molar-refractivity contribution is 5.39. The first-order chi connectivity index (χ1) is 9.70. The molecule has 0 saturated carbocycles. The monoisotopic (exact) mass is 277 g/mol. The van der Waals surface area contributed by atoms with Crippen molar-refractivity contribution >= 4 is 0 Å². The molecule has 0 aliphatic carbocycles. The Morgan fingerprint density at radius 1 is 1.15 bits per heavy atom. The summed E-state index contributed by atoms with van der Waals surface area (Å²) < 4.78 is 11.1. The highest BCUT2D eigenvalue weighted by Gasteiger charge is 2.21.